The van der Waals surface area contributed by atoms with Crippen molar-refractivity contribution in [1.29, 1.82) is 0 Å². The fourth-order valence-electron chi connectivity index (χ4n) is 4.05. The van der Waals surface area contributed by atoms with Gasteiger partial charge in [-0.2, -0.15) is 0 Å². The van der Waals surface area contributed by atoms with Crippen LogP contribution in [0.3, 0.4) is 0 Å². The van der Waals surface area contributed by atoms with E-state index in [1.54, 1.807) is 40.1 Å². The molecule has 1 aliphatic heterocycles. The molecule has 4 N–H and O–H groups in total. The van der Waals surface area contributed by atoms with Crippen LogP contribution in [0.5, 0.6) is 0 Å². The Balaban J connectivity index is 2.37. The fraction of sp³-hybridized carbons (Fsp3) is 0.773. The molecule has 1 aliphatic carbocycles. The number of carbonyl (C=O) groups excluding carboxylic acids is 5. The summed E-state index contributed by atoms with van der Waals surface area (Å²) in [5, 5.41) is 14.7. The predicted molar refractivity (Wildman–Crippen MR) is 119 cm³/mol. The maximum atomic E-state index is 13.4. The Hall–Kier alpha value is -2.69. The lowest BCUT2D eigenvalue weighted by atomic mass is 9.82. The molecule has 1 saturated heterocycles. The van der Waals surface area contributed by atoms with Crippen molar-refractivity contribution in [3.05, 3.63) is 0 Å². The van der Waals surface area contributed by atoms with Crippen LogP contribution in [0.15, 0.2) is 0 Å². The summed E-state index contributed by atoms with van der Waals surface area (Å²) in [6.45, 7) is 8.25. The maximum Gasteiger partial charge on any atom is 0.327 e. The van der Waals surface area contributed by atoms with Gasteiger partial charge in [-0.1, -0.05) is 33.6 Å². The molecule has 11 heteroatoms. The van der Waals surface area contributed by atoms with E-state index in [0.29, 0.717) is 6.42 Å². The molecule has 1 unspecified atom stereocenters. The van der Waals surface area contributed by atoms with E-state index >= 15 is 0 Å². The summed E-state index contributed by atoms with van der Waals surface area (Å²) in [6, 6.07) is -1.45. The number of urea groups is 1. The number of nitrogens with zero attached hydrogens (tertiary/aromatic N) is 2. The molecule has 0 aromatic rings. The molecule has 186 valence electrons. The Bertz CT molecular complexity index is 817. The third-order valence-electron chi connectivity index (χ3n) is 6.72. The van der Waals surface area contributed by atoms with Crippen LogP contribution in [0, 0.1) is 23.2 Å². The van der Waals surface area contributed by atoms with E-state index in [4.69, 9.17) is 0 Å². The van der Waals surface area contributed by atoms with Gasteiger partial charge in [-0.3, -0.25) is 29.3 Å². The second-order valence-electron chi connectivity index (χ2n) is 10.6. The van der Waals surface area contributed by atoms with Crippen molar-refractivity contribution in [3.63, 3.8) is 0 Å². The van der Waals surface area contributed by atoms with E-state index in [0.717, 1.165) is 17.7 Å². The van der Waals surface area contributed by atoms with Gasteiger partial charge in [0.25, 0.3) is 5.91 Å². The number of hydroxylamine groups is 1. The summed E-state index contributed by atoms with van der Waals surface area (Å²) in [5.41, 5.74) is -0.118. The van der Waals surface area contributed by atoms with Crippen LogP contribution in [-0.2, 0) is 19.2 Å². The first-order valence-electron chi connectivity index (χ1n) is 11.2. The first-order chi connectivity index (χ1) is 15.2. The summed E-state index contributed by atoms with van der Waals surface area (Å²) >= 11 is 0. The third-order valence-corrected chi connectivity index (χ3v) is 6.72. The van der Waals surface area contributed by atoms with Gasteiger partial charge in [0.2, 0.25) is 17.7 Å². The molecule has 2 aliphatic rings. The normalized spacial score (nSPS) is 20.8. The SMILES string of the molecule is CNC(=O)[C@@H](NC(=O)[C@H](CC1CC1)C(CN1C(=O)N(C)C(C)(C)C1=O)C(=O)NO)C(C)(C)C. The summed E-state index contributed by atoms with van der Waals surface area (Å²) in [6.07, 6.45) is 2.13. The van der Waals surface area contributed by atoms with E-state index < -0.39 is 52.6 Å². The zero-order valence-corrected chi connectivity index (χ0v) is 20.5. The fourth-order valence-corrected chi connectivity index (χ4v) is 4.05. The molecule has 3 atom stereocenters. The number of amides is 6. The average molecular weight is 468 g/mol. The second kappa shape index (κ2) is 9.66. The van der Waals surface area contributed by atoms with Crippen LogP contribution in [0.25, 0.3) is 0 Å². The average Bonchev–Trinajstić information content (AvgIpc) is 3.55. The minimum absolute atomic E-state index is 0.215. The zero-order chi connectivity index (χ0) is 25.3. The number of rotatable bonds is 9. The highest BCUT2D eigenvalue weighted by Gasteiger charge is 2.51. The van der Waals surface area contributed by atoms with E-state index in [1.165, 1.54) is 19.0 Å². The minimum Gasteiger partial charge on any atom is -0.357 e. The molecule has 1 heterocycles. The molecular weight excluding hydrogens is 430 g/mol. The Kier molecular flexibility index (Phi) is 7.78. The maximum absolute atomic E-state index is 13.4. The van der Waals surface area contributed by atoms with E-state index in [-0.39, 0.29) is 18.4 Å². The van der Waals surface area contributed by atoms with Gasteiger partial charge in [0.1, 0.15) is 11.6 Å². The summed E-state index contributed by atoms with van der Waals surface area (Å²) in [5.74, 6) is -4.19. The van der Waals surface area contributed by atoms with Crippen LogP contribution in [0.2, 0.25) is 0 Å². The molecule has 2 fully saturated rings. The van der Waals surface area contributed by atoms with Gasteiger partial charge in [-0.05, 0) is 31.6 Å². The Morgan fingerprint density at radius 3 is 2.06 bits per heavy atom. The molecule has 6 amide bonds. The smallest absolute Gasteiger partial charge is 0.327 e. The van der Waals surface area contributed by atoms with Crippen molar-refractivity contribution in [3.8, 4) is 0 Å². The van der Waals surface area contributed by atoms with Crippen LogP contribution in [0.4, 0.5) is 4.79 Å². The lowest BCUT2D eigenvalue weighted by molar-refractivity contribution is -0.144. The zero-order valence-electron chi connectivity index (χ0n) is 20.5. The van der Waals surface area contributed by atoms with Crippen molar-refractivity contribution in [2.24, 2.45) is 23.2 Å². The van der Waals surface area contributed by atoms with E-state index in [1.807, 2.05) is 0 Å². The molecule has 0 bridgehead atoms. The standard InChI is InChI=1S/C22H37N5O6/c1-21(2,3)15(18(30)23-6)24-16(28)13(10-12-8-9-12)14(17(29)25-33)11-27-19(31)22(4,5)26(7)20(27)32/h12-15,33H,8-11H2,1-7H3,(H,23,30)(H,24,28)(H,25,29)/t13-,14?,15-/m1/s1. The lowest BCUT2D eigenvalue weighted by Gasteiger charge is -2.33. The van der Waals surface area contributed by atoms with Crippen LogP contribution >= 0.6 is 0 Å². The summed E-state index contributed by atoms with van der Waals surface area (Å²) in [4.78, 5) is 66.4. The Labute approximate surface area is 194 Å². The number of likely N-dealkylation sites (N-methyl/N-ethyl adjacent to an activating group) is 2. The van der Waals surface area contributed by atoms with Crippen molar-refractivity contribution >= 4 is 29.7 Å². The topological polar surface area (TPSA) is 148 Å². The van der Waals surface area contributed by atoms with Crippen molar-refractivity contribution in [2.75, 3.05) is 20.6 Å². The van der Waals surface area contributed by atoms with E-state index in [9.17, 15) is 29.2 Å². The first-order valence-corrected chi connectivity index (χ1v) is 11.2. The monoisotopic (exact) mass is 467 g/mol. The van der Waals surface area contributed by atoms with Gasteiger partial charge >= 0.3 is 6.03 Å². The molecule has 11 nitrogen and oxygen atoms in total. The molecule has 0 spiro atoms. The molecule has 1 saturated carbocycles. The second-order valence-corrected chi connectivity index (χ2v) is 10.6. The molecule has 2 rings (SSSR count). The van der Waals surface area contributed by atoms with Crippen LogP contribution in [0.1, 0.15) is 53.9 Å². The number of nitrogens with one attached hydrogen (secondary N) is 3. The molecule has 0 radical (unpaired) electrons. The predicted octanol–water partition coefficient (Wildman–Crippen LogP) is 0.474. The molecule has 0 aromatic carbocycles. The summed E-state index contributed by atoms with van der Waals surface area (Å²) < 4.78 is 0. The van der Waals surface area contributed by atoms with Gasteiger partial charge in [-0.15, -0.1) is 0 Å². The van der Waals surface area contributed by atoms with Gasteiger partial charge in [0.05, 0.1) is 11.8 Å². The molecule has 33 heavy (non-hydrogen) atoms. The van der Waals surface area contributed by atoms with Crippen LogP contribution in [-0.4, -0.2) is 76.9 Å². The van der Waals surface area contributed by atoms with Crippen molar-refractivity contribution < 1.29 is 29.2 Å². The van der Waals surface area contributed by atoms with Crippen molar-refractivity contribution in [1.82, 2.24) is 25.9 Å². The lowest BCUT2D eigenvalue weighted by Crippen LogP contribution is -2.56. The minimum atomic E-state index is -1.18. The molecule has 0 aromatic heterocycles. The highest BCUT2D eigenvalue weighted by atomic mass is 16.5. The highest BCUT2D eigenvalue weighted by molar-refractivity contribution is 6.06. The highest BCUT2D eigenvalue weighted by Crippen LogP contribution is 2.39. The summed E-state index contributed by atoms with van der Waals surface area (Å²) in [7, 11) is 2.97. The first kappa shape index (κ1) is 26.6. The quantitative estimate of drug-likeness (QED) is 0.220. The van der Waals surface area contributed by atoms with Gasteiger partial charge in [-0.25, -0.2) is 10.3 Å². The molecular formula is C22H37N5O6. The van der Waals surface area contributed by atoms with E-state index in [2.05, 4.69) is 10.6 Å². The Morgan fingerprint density at radius 2 is 1.67 bits per heavy atom. The van der Waals surface area contributed by atoms with Gasteiger partial charge in [0.15, 0.2) is 0 Å². The third kappa shape index (κ3) is 5.63. The van der Waals surface area contributed by atoms with Gasteiger partial charge in [0, 0.05) is 20.6 Å². The number of hydrogen-bond donors (Lipinski definition) is 4. The largest absolute Gasteiger partial charge is 0.357 e. The number of imide groups is 1. The Morgan fingerprint density at radius 1 is 1.09 bits per heavy atom. The van der Waals surface area contributed by atoms with Crippen LogP contribution < -0.4 is 16.1 Å². The number of carbonyl (C=O) groups is 5. The number of hydrogen-bond acceptors (Lipinski definition) is 6. The van der Waals surface area contributed by atoms with Crippen molar-refractivity contribution in [2.45, 2.75) is 65.5 Å². The van der Waals surface area contributed by atoms with Gasteiger partial charge < -0.3 is 15.5 Å².